The van der Waals surface area contributed by atoms with Crippen molar-refractivity contribution in [3.63, 3.8) is 0 Å². The smallest absolute Gasteiger partial charge is 0.405 e. The Kier molecular flexibility index (Phi) is 3.40. The standard InChI is InChI=1S/C20H15BO2S/c1-2-7-19-17(4-1)18-6-3-5-16(20(18)24-19)14-8-10-15(11-9-14)21-22-12-13-23-21/h1-11H,12-13H2. The lowest BCUT2D eigenvalue weighted by Gasteiger charge is -2.07. The molecule has 0 radical (unpaired) electrons. The minimum absolute atomic E-state index is 0.209. The van der Waals surface area contributed by atoms with Crippen LogP contribution in [-0.2, 0) is 9.31 Å². The van der Waals surface area contributed by atoms with Gasteiger partial charge in [0.15, 0.2) is 0 Å². The van der Waals surface area contributed by atoms with Gasteiger partial charge in [0.1, 0.15) is 0 Å². The van der Waals surface area contributed by atoms with Gasteiger partial charge in [0, 0.05) is 20.2 Å². The van der Waals surface area contributed by atoms with Crippen molar-refractivity contribution in [1.29, 1.82) is 0 Å². The second-order valence-electron chi connectivity index (χ2n) is 5.98. The fourth-order valence-electron chi connectivity index (χ4n) is 3.35. The van der Waals surface area contributed by atoms with Gasteiger partial charge in [-0.1, -0.05) is 60.7 Å². The van der Waals surface area contributed by atoms with E-state index in [0.29, 0.717) is 13.2 Å². The van der Waals surface area contributed by atoms with Crippen molar-refractivity contribution in [2.75, 3.05) is 13.2 Å². The number of thiophene rings is 1. The number of benzene rings is 3. The van der Waals surface area contributed by atoms with Crippen LogP contribution in [0, 0.1) is 0 Å². The molecule has 5 rings (SSSR count). The summed E-state index contributed by atoms with van der Waals surface area (Å²) in [5.74, 6) is 0. The average Bonchev–Trinajstić information content (AvgIpc) is 3.29. The van der Waals surface area contributed by atoms with Crippen LogP contribution < -0.4 is 5.46 Å². The molecule has 24 heavy (non-hydrogen) atoms. The van der Waals surface area contributed by atoms with E-state index in [-0.39, 0.29) is 7.12 Å². The Morgan fingerprint density at radius 3 is 2.33 bits per heavy atom. The van der Waals surface area contributed by atoms with Gasteiger partial charge in [-0.15, -0.1) is 11.3 Å². The first-order valence-corrected chi connectivity index (χ1v) is 8.95. The van der Waals surface area contributed by atoms with Crippen LogP contribution in [0.15, 0.2) is 66.7 Å². The highest BCUT2D eigenvalue weighted by Gasteiger charge is 2.25. The normalized spacial score (nSPS) is 14.8. The van der Waals surface area contributed by atoms with E-state index < -0.39 is 0 Å². The predicted octanol–water partition coefficient (Wildman–Crippen LogP) is 4.46. The van der Waals surface area contributed by atoms with E-state index in [0.717, 1.165) is 5.46 Å². The fraction of sp³-hybridized carbons (Fsp3) is 0.100. The van der Waals surface area contributed by atoms with Crippen LogP contribution in [0.3, 0.4) is 0 Å². The van der Waals surface area contributed by atoms with E-state index in [4.69, 9.17) is 9.31 Å². The maximum Gasteiger partial charge on any atom is 0.494 e. The Hall–Kier alpha value is -2.14. The molecule has 0 N–H and O–H groups in total. The summed E-state index contributed by atoms with van der Waals surface area (Å²) in [5.41, 5.74) is 3.60. The van der Waals surface area contributed by atoms with E-state index in [2.05, 4.69) is 66.7 Å². The van der Waals surface area contributed by atoms with E-state index in [1.54, 1.807) is 0 Å². The first-order chi connectivity index (χ1) is 11.9. The van der Waals surface area contributed by atoms with Crippen molar-refractivity contribution in [3.05, 3.63) is 66.7 Å². The molecule has 1 fully saturated rings. The molecule has 2 heterocycles. The Morgan fingerprint density at radius 2 is 1.50 bits per heavy atom. The van der Waals surface area contributed by atoms with Crippen molar-refractivity contribution in [2.45, 2.75) is 0 Å². The molecule has 0 amide bonds. The highest BCUT2D eigenvalue weighted by molar-refractivity contribution is 7.26. The predicted molar refractivity (Wildman–Crippen MR) is 102 cm³/mol. The van der Waals surface area contributed by atoms with Crippen LogP contribution in [-0.4, -0.2) is 20.3 Å². The molecule has 0 unspecified atom stereocenters. The van der Waals surface area contributed by atoms with Crippen molar-refractivity contribution < 1.29 is 9.31 Å². The minimum atomic E-state index is -0.209. The van der Waals surface area contributed by atoms with Crippen molar-refractivity contribution in [3.8, 4) is 11.1 Å². The lowest BCUT2D eigenvalue weighted by atomic mass is 9.79. The lowest BCUT2D eigenvalue weighted by molar-refractivity contribution is 0.365. The Balaban J connectivity index is 1.63. The Labute approximate surface area is 144 Å². The van der Waals surface area contributed by atoms with Crippen molar-refractivity contribution in [1.82, 2.24) is 0 Å². The Morgan fingerprint density at radius 1 is 0.750 bits per heavy atom. The number of fused-ring (bicyclic) bond motifs is 3. The Bertz CT molecular complexity index is 1020. The molecule has 0 bridgehead atoms. The fourth-order valence-corrected chi connectivity index (χ4v) is 4.58. The SMILES string of the molecule is c1ccc2c(c1)sc1c(-c3ccc(B4OCCO4)cc3)cccc12. The summed E-state index contributed by atoms with van der Waals surface area (Å²) < 4.78 is 13.8. The summed E-state index contributed by atoms with van der Waals surface area (Å²) >= 11 is 1.86. The summed E-state index contributed by atoms with van der Waals surface area (Å²) in [6, 6.07) is 23.7. The van der Waals surface area contributed by atoms with Gasteiger partial charge in [-0.25, -0.2) is 0 Å². The molecule has 4 aromatic rings. The van der Waals surface area contributed by atoms with E-state index in [1.165, 1.54) is 31.3 Å². The molecule has 2 nitrogen and oxygen atoms in total. The van der Waals surface area contributed by atoms with Crippen LogP contribution in [0.2, 0.25) is 0 Å². The summed E-state index contributed by atoms with van der Waals surface area (Å²) in [5, 5.41) is 2.67. The zero-order chi connectivity index (χ0) is 15.9. The zero-order valence-corrected chi connectivity index (χ0v) is 13.9. The monoisotopic (exact) mass is 330 g/mol. The highest BCUT2D eigenvalue weighted by atomic mass is 32.1. The molecule has 0 atom stereocenters. The van der Waals surface area contributed by atoms with Crippen molar-refractivity contribution in [2.24, 2.45) is 0 Å². The lowest BCUT2D eigenvalue weighted by Crippen LogP contribution is -2.31. The van der Waals surface area contributed by atoms with Crippen LogP contribution in [0.25, 0.3) is 31.3 Å². The van der Waals surface area contributed by atoms with Gasteiger partial charge in [0.2, 0.25) is 0 Å². The van der Waals surface area contributed by atoms with Gasteiger partial charge in [0.05, 0.1) is 13.2 Å². The molecule has 1 aliphatic heterocycles. The molecule has 1 saturated heterocycles. The van der Waals surface area contributed by atoms with Gasteiger partial charge >= 0.3 is 7.12 Å². The number of hydrogen-bond donors (Lipinski definition) is 0. The maximum absolute atomic E-state index is 5.57. The molecule has 116 valence electrons. The van der Waals surface area contributed by atoms with E-state index in [9.17, 15) is 0 Å². The first kappa shape index (κ1) is 14.2. The molecule has 1 aromatic heterocycles. The molecule has 0 saturated carbocycles. The second-order valence-corrected chi connectivity index (χ2v) is 7.03. The zero-order valence-electron chi connectivity index (χ0n) is 13.1. The van der Waals surface area contributed by atoms with Gasteiger partial charge in [-0.3, -0.25) is 0 Å². The van der Waals surface area contributed by atoms with Crippen LogP contribution in [0.5, 0.6) is 0 Å². The summed E-state index contributed by atoms with van der Waals surface area (Å²) in [4.78, 5) is 0. The molecule has 0 spiro atoms. The first-order valence-electron chi connectivity index (χ1n) is 8.14. The van der Waals surface area contributed by atoms with Gasteiger partial charge in [-0.2, -0.15) is 0 Å². The summed E-state index contributed by atoms with van der Waals surface area (Å²) in [6.07, 6.45) is 0. The molecule has 4 heteroatoms. The van der Waals surface area contributed by atoms with E-state index in [1.807, 2.05) is 11.3 Å². The minimum Gasteiger partial charge on any atom is -0.405 e. The molecule has 1 aliphatic rings. The number of hydrogen-bond acceptors (Lipinski definition) is 3. The number of rotatable bonds is 2. The highest BCUT2D eigenvalue weighted by Crippen LogP contribution is 2.39. The largest absolute Gasteiger partial charge is 0.494 e. The second kappa shape index (κ2) is 5.74. The summed E-state index contributed by atoms with van der Waals surface area (Å²) in [7, 11) is -0.209. The quantitative estimate of drug-likeness (QED) is 0.505. The molecule has 3 aromatic carbocycles. The van der Waals surface area contributed by atoms with Crippen LogP contribution in [0.4, 0.5) is 0 Å². The third kappa shape index (κ3) is 2.27. The van der Waals surface area contributed by atoms with Gasteiger partial charge < -0.3 is 9.31 Å². The summed E-state index contributed by atoms with van der Waals surface area (Å²) in [6.45, 7) is 1.35. The topological polar surface area (TPSA) is 18.5 Å². The van der Waals surface area contributed by atoms with Crippen LogP contribution in [0.1, 0.15) is 0 Å². The van der Waals surface area contributed by atoms with Crippen molar-refractivity contribution >= 4 is 44.1 Å². The van der Waals surface area contributed by atoms with Gasteiger partial charge in [0.25, 0.3) is 0 Å². The molecular formula is C20H15BO2S. The molecular weight excluding hydrogens is 315 g/mol. The molecule has 0 aliphatic carbocycles. The van der Waals surface area contributed by atoms with E-state index >= 15 is 0 Å². The maximum atomic E-state index is 5.57. The third-order valence-electron chi connectivity index (χ3n) is 4.52. The van der Waals surface area contributed by atoms with Crippen LogP contribution >= 0.6 is 11.3 Å². The van der Waals surface area contributed by atoms with Gasteiger partial charge in [-0.05, 0) is 22.7 Å². The average molecular weight is 330 g/mol. The third-order valence-corrected chi connectivity index (χ3v) is 5.74.